The first-order valence-electron chi connectivity index (χ1n) is 9.29. The molecule has 1 aromatic carbocycles. The summed E-state index contributed by atoms with van der Waals surface area (Å²) < 4.78 is 33.5. The molecule has 2 aliphatic rings. The zero-order valence-electron chi connectivity index (χ0n) is 17.3. The Bertz CT molecular complexity index is 1120. The van der Waals surface area contributed by atoms with Gasteiger partial charge in [0.05, 0.1) is 13.2 Å². The van der Waals surface area contributed by atoms with Crippen LogP contribution in [0.1, 0.15) is 32.8 Å². The molecule has 1 atom stereocenters. The van der Waals surface area contributed by atoms with Crippen molar-refractivity contribution in [1.82, 2.24) is 14.8 Å². The van der Waals surface area contributed by atoms with Crippen LogP contribution in [0.2, 0.25) is 0 Å². The second-order valence-corrected chi connectivity index (χ2v) is 6.80. The van der Waals surface area contributed by atoms with Crippen molar-refractivity contribution in [2.75, 3.05) is 13.2 Å². The molecule has 0 bridgehead atoms. The molecule has 2 aliphatic heterocycles. The molecule has 0 radical (unpaired) electrons. The van der Waals surface area contributed by atoms with E-state index in [-0.39, 0.29) is 53.9 Å². The number of nitrogens with one attached hydrogen (secondary N) is 1. The topological polar surface area (TPSA) is 104 Å². The molecule has 1 aromatic heterocycles. The number of rotatable bonds is 3. The quantitative estimate of drug-likeness (QED) is 0.412. The van der Waals surface area contributed by atoms with Gasteiger partial charge in [-0.1, -0.05) is 6.07 Å². The van der Waals surface area contributed by atoms with Crippen molar-refractivity contribution in [3.63, 3.8) is 0 Å². The Morgan fingerprint density at radius 2 is 2.00 bits per heavy atom. The van der Waals surface area contributed by atoms with Gasteiger partial charge in [-0.3, -0.25) is 14.4 Å². The molecule has 162 valence electrons. The first-order valence-corrected chi connectivity index (χ1v) is 9.29. The van der Waals surface area contributed by atoms with Crippen molar-refractivity contribution < 1.29 is 57.8 Å². The summed E-state index contributed by atoms with van der Waals surface area (Å²) in [6.07, 6.45) is 9.19. The van der Waals surface area contributed by atoms with Crippen molar-refractivity contribution in [2.24, 2.45) is 0 Å². The van der Waals surface area contributed by atoms with Gasteiger partial charge in [0.25, 0.3) is 11.8 Å². The Kier molecular flexibility index (Phi) is 8.58. The van der Waals surface area contributed by atoms with Crippen LogP contribution in [0.4, 0.5) is 8.78 Å². The zero-order valence-corrected chi connectivity index (χ0v) is 19.3. The molecule has 0 saturated carbocycles. The number of halogens is 2. The van der Waals surface area contributed by atoms with Crippen molar-refractivity contribution in [2.45, 2.75) is 25.7 Å². The van der Waals surface area contributed by atoms with Gasteiger partial charge in [-0.05, 0) is 18.2 Å². The van der Waals surface area contributed by atoms with Crippen LogP contribution in [-0.2, 0) is 17.8 Å². The fourth-order valence-electron chi connectivity index (χ4n) is 3.48. The third kappa shape index (κ3) is 4.86. The van der Waals surface area contributed by atoms with Crippen LogP contribution < -0.4 is 45.4 Å². The number of amides is 2. The summed E-state index contributed by atoms with van der Waals surface area (Å²) >= 11 is 0. The van der Waals surface area contributed by atoms with Crippen LogP contribution in [0, 0.1) is 24.5 Å². The number of fused-ring (bicyclic) bond motifs is 2. The average Bonchev–Trinajstić information content (AvgIpc) is 2.77. The normalized spacial score (nSPS) is 16.6. The molecule has 1 saturated heterocycles. The SMILES string of the molecule is C#C.O=C(NCc1ccc(F)cc1F)c1cn2c(c([O-])c1=O)C(=O)N1CCCOC1C2.[Na+]. The van der Waals surface area contributed by atoms with E-state index in [0.717, 1.165) is 18.3 Å². The van der Waals surface area contributed by atoms with Gasteiger partial charge in [0.1, 0.15) is 22.9 Å². The van der Waals surface area contributed by atoms with Crippen molar-refractivity contribution in [3.8, 4) is 18.6 Å². The Balaban J connectivity index is 0.00000118. The molecule has 4 rings (SSSR count). The van der Waals surface area contributed by atoms with E-state index < -0.39 is 46.4 Å². The van der Waals surface area contributed by atoms with E-state index in [9.17, 15) is 28.3 Å². The van der Waals surface area contributed by atoms with Crippen LogP contribution >= 0.6 is 0 Å². The fourth-order valence-corrected chi connectivity index (χ4v) is 3.48. The summed E-state index contributed by atoms with van der Waals surface area (Å²) in [5.74, 6) is -4.18. The number of ether oxygens (including phenoxy) is 1. The maximum absolute atomic E-state index is 13.7. The van der Waals surface area contributed by atoms with Crippen molar-refractivity contribution in [3.05, 3.63) is 63.1 Å². The van der Waals surface area contributed by atoms with E-state index in [4.69, 9.17) is 4.74 Å². The monoisotopic (exact) mass is 453 g/mol. The molecule has 0 spiro atoms. The van der Waals surface area contributed by atoms with Gasteiger partial charge in [0.15, 0.2) is 11.7 Å². The largest absolute Gasteiger partial charge is 1.00 e. The van der Waals surface area contributed by atoms with E-state index >= 15 is 0 Å². The Morgan fingerprint density at radius 3 is 2.69 bits per heavy atom. The standard InChI is InChI=1S/C19H17F2N3O5.C2H2.Na/c20-11-3-2-10(13(21)6-11)7-22-18(27)12-8-23-9-14-24(4-1-5-29-14)19(28)15(23)17(26)16(12)25;1-2;/h2-3,6,8,14,26H,1,4-5,7,9H2,(H,22,27);1-2H;/q;;+1/p-1. The zero-order chi connectivity index (χ0) is 22.7. The van der Waals surface area contributed by atoms with E-state index in [0.29, 0.717) is 25.6 Å². The third-order valence-electron chi connectivity index (χ3n) is 4.95. The number of carbonyl (C=O) groups is 2. The molecule has 11 heteroatoms. The predicted molar refractivity (Wildman–Crippen MR) is 103 cm³/mol. The molecule has 1 N–H and O–H groups in total. The van der Waals surface area contributed by atoms with Gasteiger partial charge in [0, 0.05) is 30.9 Å². The maximum atomic E-state index is 13.7. The number of nitrogens with zero attached hydrogens (tertiary/aromatic N) is 2. The minimum atomic E-state index is -1.11. The van der Waals surface area contributed by atoms with Crippen LogP contribution in [0.25, 0.3) is 0 Å². The predicted octanol–water partition coefficient (Wildman–Crippen LogP) is -2.41. The molecule has 2 aromatic rings. The first-order chi connectivity index (χ1) is 14.9. The molecule has 1 fully saturated rings. The van der Waals surface area contributed by atoms with Crippen molar-refractivity contribution >= 4 is 11.8 Å². The Labute approximate surface area is 204 Å². The van der Waals surface area contributed by atoms with Crippen LogP contribution in [-0.4, -0.2) is 40.7 Å². The Morgan fingerprint density at radius 1 is 1.28 bits per heavy atom. The fraction of sp³-hybridized carbons (Fsp3) is 0.286. The van der Waals surface area contributed by atoms with E-state index in [1.807, 2.05) is 0 Å². The maximum Gasteiger partial charge on any atom is 1.00 e. The third-order valence-corrected chi connectivity index (χ3v) is 4.95. The molecule has 0 aliphatic carbocycles. The number of benzene rings is 1. The molecule has 1 unspecified atom stereocenters. The molecule has 8 nitrogen and oxygen atoms in total. The summed E-state index contributed by atoms with van der Waals surface area (Å²) in [7, 11) is 0. The second kappa shape index (κ2) is 10.7. The van der Waals surface area contributed by atoms with Gasteiger partial charge < -0.3 is 24.6 Å². The van der Waals surface area contributed by atoms with Crippen LogP contribution in [0.3, 0.4) is 0 Å². The number of hydrogen-bond donors (Lipinski definition) is 1. The van der Waals surface area contributed by atoms with E-state index in [2.05, 4.69) is 18.2 Å². The number of aromatic nitrogens is 1. The van der Waals surface area contributed by atoms with Gasteiger partial charge >= 0.3 is 29.6 Å². The van der Waals surface area contributed by atoms with E-state index in [1.165, 1.54) is 9.47 Å². The smallest absolute Gasteiger partial charge is 0.868 e. The second-order valence-electron chi connectivity index (χ2n) is 6.80. The molecule has 2 amide bonds. The number of carbonyl (C=O) groups excluding carboxylic acids is 2. The minimum absolute atomic E-state index is 0. The summed E-state index contributed by atoms with van der Waals surface area (Å²) in [6, 6.07) is 2.87. The summed E-state index contributed by atoms with van der Waals surface area (Å²) in [6.45, 7) is 0.690. The van der Waals surface area contributed by atoms with Crippen molar-refractivity contribution in [1.29, 1.82) is 0 Å². The summed E-state index contributed by atoms with van der Waals surface area (Å²) in [4.78, 5) is 38.8. The molecule has 3 heterocycles. The van der Waals surface area contributed by atoms with Gasteiger partial charge in [0.2, 0.25) is 0 Å². The summed E-state index contributed by atoms with van der Waals surface area (Å²) in [5, 5.41) is 14.8. The molecular weight excluding hydrogens is 435 g/mol. The first kappa shape index (κ1) is 25.5. The Hall–Kier alpha value is -2.71. The van der Waals surface area contributed by atoms with Gasteiger partial charge in [-0.25, -0.2) is 8.78 Å². The van der Waals surface area contributed by atoms with Crippen LogP contribution in [0.5, 0.6) is 5.75 Å². The number of terminal acetylenes is 1. The summed E-state index contributed by atoms with van der Waals surface area (Å²) in [5.41, 5.74) is -1.86. The minimum Gasteiger partial charge on any atom is -0.868 e. The number of pyridine rings is 1. The molecule has 32 heavy (non-hydrogen) atoms. The van der Waals surface area contributed by atoms with Crippen LogP contribution in [0.15, 0.2) is 29.2 Å². The van der Waals surface area contributed by atoms with E-state index in [1.54, 1.807) is 0 Å². The average molecular weight is 453 g/mol. The number of hydrogen-bond acceptors (Lipinski definition) is 5. The van der Waals surface area contributed by atoms with Gasteiger partial charge in [-0.2, -0.15) is 0 Å². The molecular formula is C21H18F2N3NaO5. The van der Waals surface area contributed by atoms with Gasteiger partial charge in [-0.15, -0.1) is 12.8 Å².